The van der Waals surface area contributed by atoms with Crippen molar-refractivity contribution in [1.29, 1.82) is 0 Å². The number of ether oxygens (including phenoxy) is 1. The minimum absolute atomic E-state index is 0. The van der Waals surface area contributed by atoms with E-state index in [1.807, 2.05) is 35.8 Å². The lowest BCUT2D eigenvalue weighted by atomic mass is 10.1. The molecule has 0 radical (unpaired) electrons. The molecular formula is C28H31Cl2FN6O2. The summed E-state index contributed by atoms with van der Waals surface area (Å²) in [4.78, 5) is 25.1. The number of amides is 1. The highest BCUT2D eigenvalue weighted by Crippen LogP contribution is 2.35. The zero-order valence-corrected chi connectivity index (χ0v) is 23.4. The standard InChI is InChI=1S/C28H29FN6O2.2ClH/c1-17-6-7-21-22(32-17)12-20(29)13-24(21)34-11-10-33(18(2)14-34)9-8-19-4-3-5-23-27(19)37-15-25-26(28(30)36)31-16-35(23)25;;/h3-7,12-13,16,18H,8-11,14-15H2,1-2H3,(H2,30,36);2*1H/t18-;;/m1../s1. The third kappa shape index (κ3) is 5.26. The van der Waals surface area contributed by atoms with Crippen LogP contribution in [0.25, 0.3) is 16.6 Å². The van der Waals surface area contributed by atoms with Crippen molar-refractivity contribution in [2.24, 2.45) is 5.73 Å². The molecule has 2 aromatic carbocycles. The molecule has 6 rings (SSSR count). The molecule has 1 amide bonds. The Bertz CT molecular complexity index is 1520. The number of carbonyl (C=O) groups is 1. The molecule has 1 saturated heterocycles. The van der Waals surface area contributed by atoms with Gasteiger partial charge in [0.15, 0.2) is 5.69 Å². The summed E-state index contributed by atoms with van der Waals surface area (Å²) in [5.41, 5.74) is 10.9. The molecule has 8 nitrogen and oxygen atoms in total. The smallest absolute Gasteiger partial charge is 0.269 e. The summed E-state index contributed by atoms with van der Waals surface area (Å²) in [6.07, 6.45) is 2.46. The summed E-state index contributed by atoms with van der Waals surface area (Å²) in [5.74, 6) is 0.0139. The van der Waals surface area contributed by atoms with E-state index in [-0.39, 0.29) is 42.9 Å². The van der Waals surface area contributed by atoms with E-state index in [4.69, 9.17) is 10.5 Å². The van der Waals surface area contributed by atoms with E-state index < -0.39 is 5.91 Å². The van der Waals surface area contributed by atoms with Crippen molar-refractivity contribution in [3.63, 3.8) is 0 Å². The number of nitrogens with zero attached hydrogens (tertiary/aromatic N) is 5. The van der Waals surface area contributed by atoms with Crippen LogP contribution in [0.1, 0.15) is 34.4 Å². The van der Waals surface area contributed by atoms with Crippen molar-refractivity contribution >= 4 is 47.3 Å². The fraction of sp³-hybridized carbons (Fsp3) is 0.321. The average molecular weight is 574 g/mol. The number of hydrogen-bond donors (Lipinski definition) is 1. The number of aromatic nitrogens is 3. The van der Waals surface area contributed by atoms with Gasteiger partial charge < -0.3 is 15.4 Å². The summed E-state index contributed by atoms with van der Waals surface area (Å²) in [7, 11) is 0. The molecule has 1 fully saturated rings. The lowest BCUT2D eigenvalue weighted by Crippen LogP contribution is -2.52. The molecule has 0 saturated carbocycles. The van der Waals surface area contributed by atoms with Gasteiger partial charge in [0.25, 0.3) is 5.91 Å². The molecule has 2 aromatic heterocycles. The molecule has 1 atom stereocenters. The Kier molecular flexibility index (Phi) is 8.34. The SMILES string of the molecule is Cc1ccc2c(N3CCN(CCc4cccc5c4OCc4c(C(N)=O)ncn4-5)[C@H](C)C3)cc(F)cc2n1.Cl.Cl. The number of halogens is 3. The van der Waals surface area contributed by atoms with Gasteiger partial charge in [-0.1, -0.05) is 12.1 Å². The number of benzene rings is 2. The lowest BCUT2D eigenvalue weighted by molar-refractivity contribution is 0.0993. The number of imidazole rings is 1. The first-order valence-electron chi connectivity index (χ1n) is 12.6. The predicted molar refractivity (Wildman–Crippen MR) is 154 cm³/mol. The number of pyridine rings is 1. The number of fused-ring (bicyclic) bond motifs is 4. The van der Waals surface area contributed by atoms with Crippen LogP contribution in [0.15, 0.2) is 48.8 Å². The van der Waals surface area contributed by atoms with Crippen LogP contribution in [-0.4, -0.2) is 57.6 Å². The Balaban J connectivity index is 0.00000176. The number of aryl methyl sites for hydroxylation is 1. The van der Waals surface area contributed by atoms with Crippen LogP contribution in [0.2, 0.25) is 0 Å². The first-order chi connectivity index (χ1) is 17.9. The Morgan fingerprint density at radius 1 is 1.15 bits per heavy atom. The molecule has 2 aliphatic rings. The van der Waals surface area contributed by atoms with Gasteiger partial charge in [0.1, 0.15) is 24.5 Å². The van der Waals surface area contributed by atoms with E-state index in [0.29, 0.717) is 17.3 Å². The van der Waals surface area contributed by atoms with Gasteiger partial charge in [-0.05, 0) is 50.1 Å². The van der Waals surface area contributed by atoms with Crippen molar-refractivity contribution in [3.8, 4) is 11.4 Å². The maximum atomic E-state index is 14.4. The zero-order chi connectivity index (χ0) is 25.7. The number of primary amides is 1. The van der Waals surface area contributed by atoms with Crippen LogP contribution in [0.3, 0.4) is 0 Å². The van der Waals surface area contributed by atoms with Crippen LogP contribution in [-0.2, 0) is 13.0 Å². The fourth-order valence-electron chi connectivity index (χ4n) is 5.55. The summed E-state index contributed by atoms with van der Waals surface area (Å²) in [6, 6.07) is 13.5. The maximum Gasteiger partial charge on any atom is 0.269 e. The minimum atomic E-state index is -0.553. The van der Waals surface area contributed by atoms with E-state index in [2.05, 4.69) is 32.8 Å². The van der Waals surface area contributed by atoms with Gasteiger partial charge in [-0.25, -0.2) is 9.37 Å². The van der Waals surface area contributed by atoms with Crippen molar-refractivity contribution in [1.82, 2.24) is 19.4 Å². The zero-order valence-electron chi connectivity index (χ0n) is 21.8. The van der Waals surface area contributed by atoms with Crippen LogP contribution >= 0.6 is 24.8 Å². The second kappa shape index (κ2) is 11.4. The van der Waals surface area contributed by atoms with E-state index in [9.17, 15) is 9.18 Å². The molecule has 0 unspecified atom stereocenters. The third-order valence-corrected chi connectivity index (χ3v) is 7.45. The van der Waals surface area contributed by atoms with Crippen LogP contribution in [0.4, 0.5) is 10.1 Å². The van der Waals surface area contributed by atoms with Gasteiger partial charge in [-0.15, -0.1) is 24.8 Å². The van der Waals surface area contributed by atoms with Gasteiger partial charge in [0.2, 0.25) is 0 Å². The van der Waals surface area contributed by atoms with E-state index in [0.717, 1.165) is 66.4 Å². The molecule has 4 heterocycles. The van der Waals surface area contributed by atoms with Crippen molar-refractivity contribution in [3.05, 3.63) is 77.3 Å². The molecule has 39 heavy (non-hydrogen) atoms. The number of para-hydroxylation sites is 1. The molecule has 2 aliphatic heterocycles. The Morgan fingerprint density at radius 3 is 2.74 bits per heavy atom. The van der Waals surface area contributed by atoms with Gasteiger partial charge in [-0.2, -0.15) is 0 Å². The van der Waals surface area contributed by atoms with Crippen LogP contribution in [0, 0.1) is 12.7 Å². The molecule has 0 aliphatic carbocycles. The molecule has 2 N–H and O–H groups in total. The number of carbonyl (C=O) groups excluding carboxylic acids is 1. The lowest BCUT2D eigenvalue weighted by Gasteiger charge is -2.41. The quantitative estimate of drug-likeness (QED) is 0.380. The fourth-order valence-corrected chi connectivity index (χ4v) is 5.55. The molecule has 11 heteroatoms. The molecule has 206 valence electrons. The van der Waals surface area contributed by atoms with Crippen molar-refractivity contribution in [2.75, 3.05) is 31.1 Å². The van der Waals surface area contributed by atoms with Gasteiger partial charge in [0.05, 0.1) is 16.9 Å². The topological polar surface area (TPSA) is 89.5 Å². The third-order valence-electron chi connectivity index (χ3n) is 7.45. The number of anilines is 1. The molecule has 4 aromatic rings. The first kappa shape index (κ1) is 28.6. The molecule has 0 spiro atoms. The highest BCUT2D eigenvalue weighted by atomic mass is 35.5. The summed E-state index contributed by atoms with van der Waals surface area (Å²) in [6.45, 7) is 7.78. The minimum Gasteiger partial charge on any atom is -0.485 e. The number of hydrogen-bond acceptors (Lipinski definition) is 6. The highest BCUT2D eigenvalue weighted by molar-refractivity contribution is 5.93. The number of rotatable bonds is 5. The van der Waals surface area contributed by atoms with Gasteiger partial charge in [-0.3, -0.25) is 19.2 Å². The van der Waals surface area contributed by atoms with Crippen LogP contribution in [0.5, 0.6) is 5.75 Å². The second-order valence-corrected chi connectivity index (χ2v) is 9.85. The molecular weight excluding hydrogens is 542 g/mol. The predicted octanol–water partition coefficient (Wildman–Crippen LogP) is 4.46. The average Bonchev–Trinajstić information content (AvgIpc) is 3.32. The monoisotopic (exact) mass is 572 g/mol. The van der Waals surface area contributed by atoms with Crippen molar-refractivity contribution < 1.29 is 13.9 Å². The van der Waals surface area contributed by atoms with Gasteiger partial charge in [0, 0.05) is 55.1 Å². The highest BCUT2D eigenvalue weighted by Gasteiger charge is 2.28. The Labute approximate surface area is 238 Å². The van der Waals surface area contributed by atoms with Crippen molar-refractivity contribution in [2.45, 2.75) is 32.9 Å². The normalized spacial score (nSPS) is 16.5. The molecule has 0 bridgehead atoms. The second-order valence-electron chi connectivity index (χ2n) is 9.85. The van der Waals surface area contributed by atoms with E-state index in [1.54, 1.807) is 12.4 Å². The maximum absolute atomic E-state index is 14.4. The summed E-state index contributed by atoms with van der Waals surface area (Å²) >= 11 is 0. The van der Waals surface area contributed by atoms with Crippen LogP contribution < -0.4 is 15.4 Å². The number of piperazine rings is 1. The van der Waals surface area contributed by atoms with E-state index >= 15 is 0 Å². The largest absolute Gasteiger partial charge is 0.485 e. The summed E-state index contributed by atoms with van der Waals surface area (Å²) < 4.78 is 22.4. The van der Waals surface area contributed by atoms with E-state index in [1.165, 1.54) is 6.07 Å². The Hall–Kier alpha value is -3.40. The summed E-state index contributed by atoms with van der Waals surface area (Å²) in [5, 5.41) is 0.985. The number of nitrogens with two attached hydrogens (primary N) is 1. The van der Waals surface area contributed by atoms with Gasteiger partial charge >= 0.3 is 0 Å². The Morgan fingerprint density at radius 2 is 1.97 bits per heavy atom. The first-order valence-corrected chi connectivity index (χ1v) is 12.6.